The van der Waals surface area contributed by atoms with Gasteiger partial charge in [-0.15, -0.1) is 0 Å². The number of pyridine rings is 1. The van der Waals surface area contributed by atoms with Crippen LogP contribution in [0.4, 0.5) is 0 Å². The maximum absolute atomic E-state index is 12.7. The average Bonchev–Trinajstić information content (AvgIpc) is 3.31. The lowest BCUT2D eigenvalue weighted by Crippen LogP contribution is -2.49. The maximum Gasteiger partial charge on any atom is 0.272 e. The Labute approximate surface area is 144 Å². The zero-order valence-corrected chi connectivity index (χ0v) is 14.4. The molecule has 0 radical (unpaired) electrons. The predicted molar refractivity (Wildman–Crippen MR) is 96.3 cm³/mol. The fourth-order valence-corrected chi connectivity index (χ4v) is 3.99. The molecule has 1 fully saturated rings. The number of hydrogen-bond donors (Lipinski definition) is 1. The second-order valence-electron chi connectivity index (χ2n) is 6.17. The highest BCUT2D eigenvalue weighted by molar-refractivity contribution is 7.07. The van der Waals surface area contributed by atoms with Gasteiger partial charge in [0.1, 0.15) is 11.3 Å². The monoisotopic (exact) mass is 340 g/mol. The quantitative estimate of drug-likeness (QED) is 0.797. The molecule has 4 rings (SSSR count). The van der Waals surface area contributed by atoms with Gasteiger partial charge >= 0.3 is 0 Å². The summed E-state index contributed by atoms with van der Waals surface area (Å²) in [6, 6.07) is 8.31. The van der Waals surface area contributed by atoms with E-state index in [9.17, 15) is 4.79 Å². The molecule has 0 aliphatic carbocycles. The van der Waals surface area contributed by atoms with Crippen LogP contribution in [0.5, 0.6) is 0 Å². The summed E-state index contributed by atoms with van der Waals surface area (Å²) < 4.78 is 0. The van der Waals surface area contributed by atoms with Gasteiger partial charge in [0.2, 0.25) is 0 Å². The fourth-order valence-electron chi connectivity index (χ4n) is 3.25. The second-order valence-corrected chi connectivity index (χ2v) is 6.95. The Morgan fingerprint density at radius 3 is 2.79 bits per heavy atom. The lowest BCUT2D eigenvalue weighted by atomic mass is 10.1. The van der Waals surface area contributed by atoms with Gasteiger partial charge in [0.15, 0.2) is 0 Å². The van der Waals surface area contributed by atoms with Crippen LogP contribution in [-0.2, 0) is 0 Å². The van der Waals surface area contributed by atoms with Crippen LogP contribution < -0.4 is 0 Å². The molecule has 0 spiro atoms. The van der Waals surface area contributed by atoms with Crippen LogP contribution in [-0.4, -0.2) is 51.9 Å². The molecule has 1 aliphatic heterocycles. The first kappa shape index (κ1) is 15.4. The number of aromatic nitrogens is 2. The SMILES string of the molecule is CC(c1ccsc1)N1CCN(C(=O)c2ccc3cc[nH]c3n2)CC1. The van der Waals surface area contributed by atoms with E-state index in [1.165, 1.54) is 5.56 Å². The predicted octanol–water partition coefficient (Wildman–Crippen LogP) is 3.14. The van der Waals surface area contributed by atoms with E-state index >= 15 is 0 Å². The van der Waals surface area contributed by atoms with Gasteiger partial charge in [-0.3, -0.25) is 9.69 Å². The minimum atomic E-state index is 0.0225. The number of H-pyrrole nitrogens is 1. The van der Waals surface area contributed by atoms with Crippen LogP contribution in [0.2, 0.25) is 0 Å². The van der Waals surface area contributed by atoms with Gasteiger partial charge in [0.05, 0.1) is 0 Å². The third kappa shape index (κ3) is 2.83. The van der Waals surface area contributed by atoms with Crippen molar-refractivity contribution in [3.63, 3.8) is 0 Å². The molecule has 24 heavy (non-hydrogen) atoms. The fraction of sp³-hybridized carbons (Fsp3) is 0.333. The number of thiophene rings is 1. The Morgan fingerprint density at radius 2 is 2.04 bits per heavy atom. The first-order chi connectivity index (χ1) is 11.7. The molecule has 1 saturated heterocycles. The van der Waals surface area contributed by atoms with Crippen LogP contribution in [0.1, 0.15) is 29.0 Å². The van der Waals surface area contributed by atoms with Crippen molar-refractivity contribution in [1.29, 1.82) is 0 Å². The van der Waals surface area contributed by atoms with Crippen LogP contribution >= 0.6 is 11.3 Å². The molecule has 1 atom stereocenters. The zero-order valence-electron chi connectivity index (χ0n) is 13.6. The third-order valence-corrected chi connectivity index (χ3v) is 5.50. The molecular formula is C18H20N4OS. The van der Waals surface area contributed by atoms with Crippen molar-refractivity contribution in [2.24, 2.45) is 0 Å². The summed E-state index contributed by atoms with van der Waals surface area (Å²) in [5.74, 6) is 0.0225. The normalized spacial score (nSPS) is 17.3. The maximum atomic E-state index is 12.7. The lowest BCUT2D eigenvalue weighted by Gasteiger charge is -2.37. The van der Waals surface area contributed by atoms with Crippen LogP contribution in [0.3, 0.4) is 0 Å². The summed E-state index contributed by atoms with van der Waals surface area (Å²) in [5, 5.41) is 5.35. The molecular weight excluding hydrogens is 320 g/mol. The Kier molecular flexibility index (Phi) is 4.08. The molecule has 0 aromatic carbocycles. The Balaban J connectivity index is 1.42. The summed E-state index contributed by atoms with van der Waals surface area (Å²) in [5.41, 5.74) is 2.65. The number of piperazine rings is 1. The summed E-state index contributed by atoms with van der Waals surface area (Å²) in [7, 11) is 0. The van der Waals surface area contributed by atoms with E-state index < -0.39 is 0 Å². The standard InChI is InChI=1S/C18H20N4OS/c1-13(15-5-11-24-12-15)21-7-9-22(10-8-21)18(23)16-3-2-14-4-6-19-17(14)20-16/h2-6,11-13H,7-10H2,1H3,(H,19,20). The van der Waals surface area contributed by atoms with Gasteiger partial charge in [0.25, 0.3) is 5.91 Å². The number of rotatable bonds is 3. The van der Waals surface area contributed by atoms with E-state index in [1.54, 1.807) is 11.3 Å². The second kappa shape index (κ2) is 6.37. The summed E-state index contributed by atoms with van der Waals surface area (Å²) in [4.78, 5) is 24.6. The third-order valence-electron chi connectivity index (χ3n) is 4.80. The number of aromatic amines is 1. The van der Waals surface area contributed by atoms with Crippen molar-refractivity contribution >= 4 is 28.3 Å². The molecule has 3 aromatic rings. The highest BCUT2D eigenvalue weighted by Gasteiger charge is 2.26. The number of nitrogens with zero attached hydrogens (tertiary/aromatic N) is 3. The van der Waals surface area contributed by atoms with Gasteiger partial charge in [-0.2, -0.15) is 11.3 Å². The molecule has 5 nitrogen and oxygen atoms in total. The van der Waals surface area contributed by atoms with Gasteiger partial charge < -0.3 is 9.88 Å². The number of hydrogen-bond acceptors (Lipinski definition) is 4. The van der Waals surface area contributed by atoms with Crippen molar-refractivity contribution in [2.75, 3.05) is 26.2 Å². The van der Waals surface area contributed by atoms with Crippen molar-refractivity contribution in [2.45, 2.75) is 13.0 Å². The van der Waals surface area contributed by atoms with Crippen molar-refractivity contribution in [3.05, 3.63) is 52.5 Å². The van der Waals surface area contributed by atoms with E-state index in [2.05, 4.69) is 38.6 Å². The Hall–Kier alpha value is -2.18. The highest BCUT2D eigenvalue weighted by Crippen LogP contribution is 2.24. The lowest BCUT2D eigenvalue weighted by molar-refractivity contribution is 0.0577. The minimum absolute atomic E-state index is 0.0225. The summed E-state index contributed by atoms with van der Waals surface area (Å²) in [6.45, 7) is 5.52. The molecule has 0 saturated carbocycles. The average molecular weight is 340 g/mol. The van der Waals surface area contributed by atoms with E-state index in [1.807, 2.05) is 29.3 Å². The molecule has 0 bridgehead atoms. The van der Waals surface area contributed by atoms with E-state index in [0.717, 1.165) is 37.2 Å². The topological polar surface area (TPSA) is 52.2 Å². The van der Waals surface area contributed by atoms with Gasteiger partial charge in [-0.1, -0.05) is 0 Å². The van der Waals surface area contributed by atoms with E-state index in [0.29, 0.717) is 11.7 Å². The van der Waals surface area contributed by atoms with E-state index in [4.69, 9.17) is 0 Å². The number of nitrogens with one attached hydrogen (secondary N) is 1. The molecule has 1 amide bonds. The number of carbonyl (C=O) groups is 1. The smallest absolute Gasteiger partial charge is 0.272 e. The first-order valence-corrected chi connectivity index (χ1v) is 9.16. The number of amides is 1. The van der Waals surface area contributed by atoms with Crippen molar-refractivity contribution < 1.29 is 4.79 Å². The molecule has 1 aliphatic rings. The number of carbonyl (C=O) groups excluding carboxylic acids is 1. The number of fused-ring (bicyclic) bond motifs is 1. The Bertz CT molecular complexity index is 834. The minimum Gasteiger partial charge on any atom is -0.346 e. The summed E-state index contributed by atoms with van der Waals surface area (Å²) >= 11 is 1.73. The molecule has 4 heterocycles. The zero-order chi connectivity index (χ0) is 16.5. The van der Waals surface area contributed by atoms with Crippen molar-refractivity contribution in [3.8, 4) is 0 Å². The molecule has 1 unspecified atom stereocenters. The van der Waals surface area contributed by atoms with Gasteiger partial charge in [-0.05, 0) is 47.5 Å². The largest absolute Gasteiger partial charge is 0.346 e. The molecule has 3 aromatic heterocycles. The van der Waals surface area contributed by atoms with E-state index in [-0.39, 0.29) is 5.91 Å². The first-order valence-electron chi connectivity index (χ1n) is 8.22. The van der Waals surface area contributed by atoms with Gasteiger partial charge in [0, 0.05) is 43.8 Å². The molecule has 6 heteroatoms. The Morgan fingerprint density at radius 1 is 1.21 bits per heavy atom. The van der Waals surface area contributed by atoms with Gasteiger partial charge in [-0.25, -0.2) is 4.98 Å². The summed E-state index contributed by atoms with van der Waals surface area (Å²) in [6.07, 6.45) is 1.84. The van der Waals surface area contributed by atoms with Crippen molar-refractivity contribution in [1.82, 2.24) is 19.8 Å². The molecule has 1 N–H and O–H groups in total. The highest BCUT2D eigenvalue weighted by atomic mass is 32.1. The van der Waals surface area contributed by atoms with Crippen LogP contribution in [0.25, 0.3) is 11.0 Å². The molecule has 124 valence electrons. The van der Waals surface area contributed by atoms with Crippen LogP contribution in [0, 0.1) is 0 Å². The van der Waals surface area contributed by atoms with Crippen LogP contribution in [0.15, 0.2) is 41.2 Å².